The predicted molar refractivity (Wildman–Crippen MR) is 75.3 cm³/mol. The van der Waals surface area contributed by atoms with Crippen LogP contribution in [0, 0.1) is 0 Å². The molecule has 108 valence electrons. The first-order valence-electron chi connectivity index (χ1n) is 6.81. The van der Waals surface area contributed by atoms with E-state index < -0.39 is 5.97 Å². The average Bonchev–Trinajstić information content (AvgIpc) is 2.43. The van der Waals surface area contributed by atoms with Crippen molar-refractivity contribution in [2.24, 2.45) is 0 Å². The van der Waals surface area contributed by atoms with E-state index in [4.69, 9.17) is 5.11 Å². The van der Waals surface area contributed by atoms with Crippen molar-refractivity contribution in [3.63, 3.8) is 0 Å². The molecule has 0 bridgehead atoms. The van der Waals surface area contributed by atoms with Gasteiger partial charge in [0.05, 0.1) is 6.04 Å². The number of benzene rings is 1. The number of aliphatic carboxylic acids is 1. The van der Waals surface area contributed by atoms with Crippen molar-refractivity contribution in [3.8, 4) is 0 Å². The summed E-state index contributed by atoms with van der Waals surface area (Å²) in [4.78, 5) is 24.8. The number of carbonyl (C=O) groups excluding carboxylic acids is 1. The van der Waals surface area contributed by atoms with Gasteiger partial charge in [-0.15, -0.1) is 0 Å². The molecule has 0 spiro atoms. The molecular formula is C15H20N2O3. The minimum absolute atomic E-state index is 0.127. The maximum atomic E-state index is 12.5. The molecule has 2 N–H and O–H groups in total. The molecule has 5 heteroatoms. The summed E-state index contributed by atoms with van der Waals surface area (Å²) in [6.45, 7) is 4.05. The molecule has 1 aliphatic rings. The molecule has 1 atom stereocenters. The van der Waals surface area contributed by atoms with Crippen LogP contribution in [0.3, 0.4) is 0 Å². The quantitative estimate of drug-likeness (QED) is 0.861. The van der Waals surface area contributed by atoms with Crippen molar-refractivity contribution in [3.05, 3.63) is 35.4 Å². The third-order valence-electron chi connectivity index (χ3n) is 3.59. The van der Waals surface area contributed by atoms with Gasteiger partial charge in [0, 0.05) is 12.6 Å². The zero-order valence-electron chi connectivity index (χ0n) is 11.8. The first-order chi connectivity index (χ1) is 9.49. The molecule has 5 nitrogen and oxygen atoms in total. The molecule has 0 radical (unpaired) electrons. The monoisotopic (exact) mass is 276 g/mol. The number of nitrogens with zero attached hydrogens (tertiary/aromatic N) is 1. The Labute approximate surface area is 118 Å². The van der Waals surface area contributed by atoms with Crippen molar-refractivity contribution < 1.29 is 14.7 Å². The number of carboxylic acid groups (broad SMARTS) is 1. The smallest absolute Gasteiger partial charge is 0.323 e. The highest BCUT2D eigenvalue weighted by Gasteiger charge is 2.30. The summed E-state index contributed by atoms with van der Waals surface area (Å²) in [5, 5.41) is 12.1. The molecule has 1 aromatic carbocycles. The molecule has 1 aromatic rings. The number of amides is 1. The van der Waals surface area contributed by atoms with Crippen LogP contribution < -0.4 is 5.32 Å². The summed E-state index contributed by atoms with van der Waals surface area (Å²) in [6.07, 6.45) is 0.609. The predicted octanol–water partition coefficient (Wildman–Crippen LogP) is 1.02. The minimum Gasteiger partial charge on any atom is -0.480 e. The number of rotatable bonds is 4. The summed E-state index contributed by atoms with van der Waals surface area (Å²) >= 11 is 0. The van der Waals surface area contributed by atoms with Gasteiger partial charge in [-0.05, 0) is 31.4 Å². The fourth-order valence-corrected chi connectivity index (χ4v) is 2.49. The van der Waals surface area contributed by atoms with Gasteiger partial charge >= 0.3 is 5.97 Å². The van der Waals surface area contributed by atoms with E-state index in [0.29, 0.717) is 13.0 Å². The summed E-state index contributed by atoms with van der Waals surface area (Å²) < 4.78 is 0. The Kier molecular flexibility index (Phi) is 4.39. The largest absolute Gasteiger partial charge is 0.480 e. The highest BCUT2D eigenvalue weighted by atomic mass is 16.4. The zero-order valence-corrected chi connectivity index (χ0v) is 11.8. The Bertz CT molecular complexity index is 514. The number of fused-ring (bicyclic) bond motifs is 1. The van der Waals surface area contributed by atoms with Gasteiger partial charge in [-0.3, -0.25) is 9.59 Å². The normalized spacial score (nSPS) is 17.6. The Balaban J connectivity index is 2.11. The maximum absolute atomic E-state index is 12.5. The van der Waals surface area contributed by atoms with Crippen LogP contribution in [0.2, 0.25) is 0 Å². The maximum Gasteiger partial charge on any atom is 0.323 e. The van der Waals surface area contributed by atoms with Gasteiger partial charge < -0.3 is 15.3 Å². The Morgan fingerprint density at radius 2 is 2.00 bits per heavy atom. The van der Waals surface area contributed by atoms with Crippen molar-refractivity contribution in [1.82, 2.24) is 10.2 Å². The molecule has 20 heavy (non-hydrogen) atoms. The van der Waals surface area contributed by atoms with E-state index in [0.717, 1.165) is 5.56 Å². The van der Waals surface area contributed by atoms with E-state index >= 15 is 0 Å². The van der Waals surface area contributed by atoms with Gasteiger partial charge in [0.25, 0.3) is 0 Å². The van der Waals surface area contributed by atoms with Gasteiger partial charge in [-0.25, -0.2) is 0 Å². The fraction of sp³-hybridized carbons (Fsp3) is 0.467. The van der Waals surface area contributed by atoms with E-state index in [1.54, 1.807) is 0 Å². The van der Waals surface area contributed by atoms with E-state index in [-0.39, 0.29) is 24.5 Å². The lowest BCUT2D eigenvalue weighted by molar-refractivity contribution is -0.146. The summed E-state index contributed by atoms with van der Waals surface area (Å²) in [5.74, 6) is -1.12. The topological polar surface area (TPSA) is 69.6 Å². The van der Waals surface area contributed by atoms with Gasteiger partial charge in [-0.1, -0.05) is 24.3 Å². The third kappa shape index (κ3) is 3.17. The fourth-order valence-electron chi connectivity index (χ4n) is 2.49. The molecule has 1 amide bonds. The summed E-state index contributed by atoms with van der Waals surface area (Å²) in [7, 11) is 0. The second-order valence-corrected chi connectivity index (χ2v) is 5.36. The zero-order chi connectivity index (χ0) is 14.7. The number of hydrogen-bond acceptors (Lipinski definition) is 3. The van der Waals surface area contributed by atoms with Gasteiger partial charge in [0.1, 0.15) is 6.54 Å². The van der Waals surface area contributed by atoms with Crippen molar-refractivity contribution in [1.29, 1.82) is 0 Å². The molecular weight excluding hydrogens is 256 g/mol. The minimum atomic E-state index is -0.983. The number of hydrogen-bond donors (Lipinski definition) is 2. The third-order valence-corrected chi connectivity index (χ3v) is 3.59. The highest BCUT2D eigenvalue weighted by molar-refractivity contribution is 5.86. The highest BCUT2D eigenvalue weighted by Crippen LogP contribution is 2.18. The van der Waals surface area contributed by atoms with Crippen LogP contribution in [-0.4, -0.2) is 40.5 Å². The first-order valence-corrected chi connectivity index (χ1v) is 6.81. The Morgan fingerprint density at radius 1 is 1.35 bits per heavy atom. The first kappa shape index (κ1) is 14.5. The molecule has 0 aliphatic carbocycles. The molecule has 0 fully saturated rings. The lowest BCUT2D eigenvalue weighted by Crippen LogP contribution is -2.52. The summed E-state index contributed by atoms with van der Waals surface area (Å²) in [6, 6.07) is 7.54. The molecule has 0 saturated carbocycles. The van der Waals surface area contributed by atoms with Crippen LogP contribution in [0.1, 0.15) is 25.0 Å². The molecule has 0 saturated heterocycles. The lowest BCUT2D eigenvalue weighted by atomic mass is 9.95. The van der Waals surface area contributed by atoms with Crippen LogP contribution in [-0.2, 0) is 22.6 Å². The SMILES string of the molecule is CC(C)N(CC(=O)O)C(=O)C1Cc2ccccc2CN1. The van der Waals surface area contributed by atoms with Crippen LogP contribution in [0.4, 0.5) is 0 Å². The van der Waals surface area contributed by atoms with E-state index in [2.05, 4.69) is 5.32 Å². The van der Waals surface area contributed by atoms with Crippen LogP contribution in [0.5, 0.6) is 0 Å². The lowest BCUT2D eigenvalue weighted by Gasteiger charge is -2.32. The van der Waals surface area contributed by atoms with E-state index in [9.17, 15) is 9.59 Å². The Morgan fingerprint density at radius 3 is 2.60 bits per heavy atom. The molecule has 1 heterocycles. The molecule has 0 aromatic heterocycles. The molecule has 1 aliphatic heterocycles. The average molecular weight is 276 g/mol. The van der Waals surface area contributed by atoms with Gasteiger partial charge in [-0.2, -0.15) is 0 Å². The van der Waals surface area contributed by atoms with Crippen molar-refractivity contribution in [2.45, 2.75) is 38.9 Å². The summed E-state index contributed by atoms with van der Waals surface area (Å²) in [5.41, 5.74) is 2.36. The molecule has 1 unspecified atom stereocenters. The second kappa shape index (κ2) is 6.05. The van der Waals surface area contributed by atoms with Crippen LogP contribution >= 0.6 is 0 Å². The van der Waals surface area contributed by atoms with E-state index in [1.807, 2.05) is 38.1 Å². The van der Waals surface area contributed by atoms with Crippen LogP contribution in [0.25, 0.3) is 0 Å². The van der Waals surface area contributed by atoms with Crippen LogP contribution in [0.15, 0.2) is 24.3 Å². The second-order valence-electron chi connectivity index (χ2n) is 5.36. The van der Waals surface area contributed by atoms with Crippen molar-refractivity contribution >= 4 is 11.9 Å². The van der Waals surface area contributed by atoms with Crippen molar-refractivity contribution in [2.75, 3.05) is 6.54 Å². The number of carbonyl (C=O) groups is 2. The van der Waals surface area contributed by atoms with Gasteiger partial charge in [0.2, 0.25) is 5.91 Å². The Hall–Kier alpha value is -1.88. The number of carboxylic acids is 1. The van der Waals surface area contributed by atoms with Gasteiger partial charge in [0.15, 0.2) is 0 Å². The molecule has 2 rings (SSSR count). The number of nitrogens with one attached hydrogen (secondary N) is 1. The standard InChI is InChI=1S/C15H20N2O3/c1-10(2)17(9-14(18)19)15(20)13-7-11-5-3-4-6-12(11)8-16-13/h3-6,10,13,16H,7-9H2,1-2H3,(H,18,19). The van der Waals surface area contributed by atoms with E-state index in [1.165, 1.54) is 10.5 Å².